The Hall–Kier alpha value is -3.55. The standard InChI is InChI=1S/C24H30N2O6/c1-15(2)13-18(24(29)32-5)25-23(28)21(26-22(27)16-9-7-6-8-10-16)17-11-12-19(30-3)20(14-17)31-4/h6-12,14-15,18,21H,13H2,1-5H3,(H,25,28)(H,26,27)/t18-,21?/m0/s1. The first kappa shape index (κ1) is 24.7. The second kappa shape index (κ2) is 11.7. The summed E-state index contributed by atoms with van der Waals surface area (Å²) in [6.07, 6.45) is 0.393. The van der Waals surface area contributed by atoms with Gasteiger partial charge in [0.1, 0.15) is 12.1 Å². The number of carbonyl (C=O) groups is 3. The molecule has 0 saturated carbocycles. The normalized spacial score (nSPS) is 12.4. The average Bonchev–Trinajstić information content (AvgIpc) is 2.81. The van der Waals surface area contributed by atoms with Crippen LogP contribution in [0.3, 0.4) is 0 Å². The number of hydrogen-bond donors (Lipinski definition) is 2. The molecular weight excluding hydrogens is 412 g/mol. The Morgan fingerprint density at radius 2 is 1.53 bits per heavy atom. The van der Waals surface area contributed by atoms with Gasteiger partial charge in [-0.15, -0.1) is 0 Å². The molecule has 2 atom stereocenters. The number of methoxy groups -OCH3 is 3. The molecule has 2 aromatic carbocycles. The fraction of sp³-hybridized carbons (Fsp3) is 0.375. The van der Waals surface area contributed by atoms with Gasteiger partial charge >= 0.3 is 5.97 Å². The molecule has 0 heterocycles. The predicted molar refractivity (Wildman–Crippen MR) is 120 cm³/mol. The predicted octanol–water partition coefficient (Wildman–Crippen LogP) is 2.88. The van der Waals surface area contributed by atoms with E-state index in [1.54, 1.807) is 48.5 Å². The summed E-state index contributed by atoms with van der Waals surface area (Å²) >= 11 is 0. The van der Waals surface area contributed by atoms with E-state index in [0.29, 0.717) is 29.0 Å². The number of rotatable bonds is 10. The molecule has 8 nitrogen and oxygen atoms in total. The molecule has 0 bridgehead atoms. The lowest BCUT2D eigenvalue weighted by Gasteiger charge is -2.24. The minimum absolute atomic E-state index is 0.137. The summed E-state index contributed by atoms with van der Waals surface area (Å²) in [5, 5.41) is 5.47. The summed E-state index contributed by atoms with van der Waals surface area (Å²) in [7, 11) is 4.26. The van der Waals surface area contributed by atoms with Crippen molar-refractivity contribution in [1.29, 1.82) is 0 Å². The number of nitrogens with one attached hydrogen (secondary N) is 2. The zero-order valence-corrected chi connectivity index (χ0v) is 19.0. The van der Waals surface area contributed by atoms with E-state index in [4.69, 9.17) is 14.2 Å². The maximum absolute atomic E-state index is 13.3. The summed E-state index contributed by atoms with van der Waals surface area (Å²) in [6, 6.07) is 11.6. The molecule has 2 N–H and O–H groups in total. The van der Waals surface area contributed by atoms with Crippen molar-refractivity contribution in [2.75, 3.05) is 21.3 Å². The van der Waals surface area contributed by atoms with Crippen molar-refractivity contribution in [3.63, 3.8) is 0 Å². The SMILES string of the molecule is COC(=O)[C@H](CC(C)C)NC(=O)C(NC(=O)c1ccccc1)c1ccc(OC)c(OC)c1. The van der Waals surface area contributed by atoms with Crippen LogP contribution < -0.4 is 20.1 Å². The summed E-state index contributed by atoms with van der Waals surface area (Å²) < 4.78 is 15.4. The van der Waals surface area contributed by atoms with Gasteiger partial charge in [-0.3, -0.25) is 9.59 Å². The number of benzene rings is 2. The van der Waals surface area contributed by atoms with Crippen molar-refractivity contribution < 1.29 is 28.6 Å². The van der Waals surface area contributed by atoms with Crippen molar-refractivity contribution in [2.24, 2.45) is 5.92 Å². The van der Waals surface area contributed by atoms with Gasteiger partial charge in [0.05, 0.1) is 21.3 Å². The van der Waals surface area contributed by atoms with E-state index in [1.807, 2.05) is 13.8 Å². The molecular formula is C24H30N2O6. The van der Waals surface area contributed by atoms with E-state index in [-0.39, 0.29) is 5.92 Å². The molecule has 172 valence electrons. The molecule has 2 amide bonds. The smallest absolute Gasteiger partial charge is 0.328 e. The Morgan fingerprint density at radius 1 is 0.875 bits per heavy atom. The molecule has 32 heavy (non-hydrogen) atoms. The highest BCUT2D eigenvalue weighted by molar-refractivity contribution is 5.98. The quantitative estimate of drug-likeness (QED) is 0.549. The molecule has 1 unspecified atom stereocenters. The number of amides is 2. The van der Waals surface area contributed by atoms with Crippen molar-refractivity contribution >= 4 is 17.8 Å². The zero-order valence-electron chi connectivity index (χ0n) is 19.0. The van der Waals surface area contributed by atoms with Crippen molar-refractivity contribution in [3.05, 3.63) is 59.7 Å². The third kappa shape index (κ3) is 6.47. The summed E-state index contributed by atoms with van der Waals surface area (Å²) in [5.41, 5.74) is 0.870. The molecule has 2 aromatic rings. The van der Waals surface area contributed by atoms with Crippen molar-refractivity contribution in [2.45, 2.75) is 32.4 Å². The van der Waals surface area contributed by atoms with Crippen LogP contribution in [0.25, 0.3) is 0 Å². The van der Waals surface area contributed by atoms with Crippen LogP contribution in [0, 0.1) is 5.92 Å². The van der Waals surface area contributed by atoms with Gasteiger partial charge in [0, 0.05) is 5.56 Å². The van der Waals surface area contributed by atoms with E-state index in [0.717, 1.165) is 0 Å². The monoisotopic (exact) mass is 442 g/mol. The first-order valence-corrected chi connectivity index (χ1v) is 10.3. The second-order valence-corrected chi connectivity index (χ2v) is 7.60. The molecule has 0 radical (unpaired) electrons. The maximum Gasteiger partial charge on any atom is 0.328 e. The van der Waals surface area contributed by atoms with Crippen LogP contribution in [-0.2, 0) is 14.3 Å². The molecule has 2 rings (SSSR count). The molecule has 0 fully saturated rings. The van der Waals surface area contributed by atoms with Gasteiger partial charge < -0.3 is 24.8 Å². The largest absolute Gasteiger partial charge is 0.493 e. The lowest BCUT2D eigenvalue weighted by atomic mass is 10.0. The van der Waals surface area contributed by atoms with Gasteiger partial charge in [-0.25, -0.2) is 4.79 Å². The zero-order chi connectivity index (χ0) is 23.7. The molecule has 8 heteroatoms. The van der Waals surface area contributed by atoms with E-state index in [2.05, 4.69) is 10.6 Å². The van der Waals surface area contributed by atoms with Crippen LogP contribution in [0.1, 0.15) is 42.2 Å². The average molecular weight is 443 g/mol. The molecule has 0 aromatic heterocycles. The lowest BCUT2D eigenvalue weighted by molar-refractivity contribution is -0.145. The van der Waals surface area contributed by atoms with Crippen LogP contribution in [0.15, 0.2) is 48.5 Å². The highest BCUT2D eigenvalue weighted by Gasteiger charge is 2.29. The number of ether oxygens (including phenoxy) is 3. The first-order valence-electron chi connectivity index (χ1n) is 10.3. The fourth-order valence-corrected chi connectivity index (χ4v) is 3.22. The molecule has 0 saturated heterocycles. The second-order valence-electron chi connectivity index (χ2n) is 7.60. The van der Waals surface area contributed by atoms with Gasteiger partial charge in [-0.1, -0.05) is 38.1 Å². The van der Waals surface area contributed by atoms with Crippen molar-refractivity contribution in [1.82, 2.24) is 10.6 Å². The minimum Gasteiger partial charge on any atom is -0.493 e. The number of hydrogen-bond acceptors (Lipinski definition) is 6. The Kier molecular flexibility index (Phi) is 9.07. The van der Waals surface area contributed by atoms with Gasteiger partial charge in [0.2, 0.25) is 5.91 Å². The fourth-order valence-electron chi connectivity index (χ4n) is 3.22. The lowest BCUT2D eigenvalue weighted by Crippen LogP contribution is -2.48. The van der Waals surface area contributed by atoms with Crippen molar-refractivity contribution in [3.8, 4) is 11.5 Å². The van der Waals surface area contributed by atoms with Gasteiger partial charge in [0.25, 0.3) is 5.91 Å². The van der Waals surface area contributed by atoms with Gasteiger partial charge in [0.15, 0.2) is 11.5 Å². The van der Waals surface area contributed by atoms with Gasteiger partial charge in [-0.05, 0) is 42.2 Å². The number of esters is 1. The third-order valence-electron chi connectivity index (χ3n) is 4.82. The Bertz CT molecular complexity index is 929. The topological polar surface area (TPSA) is 103 Å². The Labute approximate surface area is 188 Å². The minimum atomic E-state index is -1.08. The van der Waals surface area contributed by atoms with Crippen LogP contribution in [-0.4, -0.2) is 45.2 Å². The molecule has 0 aliphatic carbocycles. The number of carbonyl (C=O) groups excluding carboxylic acids is 3. The van der Waals surface area contributed by atoms with Crippen LogP contribution in [0.2, 0.25) is 0 Å². The first-order chi connectivity index (χ1) is 15.3. The Morgan fingerprint density at radius 3 is 2.09 bits per heavy atom. The Balaban J connectivity index is 2.39. The van der Waals surface area contributed by atoms with E-state index >= 15 is 0 Å². The third-order valence-corrected chi connectivity index (χ3v) is 4.82. The van der Waals surface area contributed by atoms with E-state index in [9.17, 15) is 14.4 Å². The molecule has 0 spiro atoms. The summed E-state index contributed by atoms with van der Waals surface area (Å²) in [5.74, 6) is -0.498. The summed E-state index contributed by atoms with van der Waals surface area (Å²) in [6.45, 7) is 3.87. The highest BCUT2D eigenvalue weighted by Crippen LogP contribution is 2.30. The van der Waals surface area contributed by atoms with E-state index < -0.39 is 29.9 Å². The molecule has 0 aliphatic rings. The maximum atomic E-state index is 13.3. The van der Waals surface area contributed by atoms with Crippen LogP contribution in [0.4, 0.5) is 0 Å². The highest BCUT2D eigenvalue weighted by atomic mass is 16.5. The van der Waals surface area contributed by atoms with Crippen LogP contribution in [0.5, 0.6) is 11.5 Å². The van der Waals surface area contributed by atoms with Gasteiger partial charge in [-0.2, -0.15) is 0 Å². The summed E-state index contributed by atoms with van der Waals surface area (Å²) in [4.78, 5) is 38.3. The van der Waals surface area contributed by atoms with Crippen LogP contribution >= 0.6 is 0 Å². The van der Waals surface area contributed by atoms with E-state index in [1.165, 1.54) is 21.3 Å². The molecule has 0 aliphatic heterocycles.